The van der Waals surface area contributed by atoms with Crippen molar-refractivity contribution in [2.75, 3.05) is 20.8 Å². The molecule has 0 radical (unpaired) electrons. The second-order valence-electron chi connectivity index (χ2n) is 4.51. The highest BCUT2D eigenvalue weighted by Gasteiger charge is 2.47. The molecule has 1 fully saturated rings. The fourth-order valence-corrected chi connectivity index (χ4v) is 2.94. The average Bonchev–Trinajstić information content (AvgIpc) is 2.80. The lowest BCUT2D eigenvalue weighted by molar-refractivity contribution is -0.156. The van der Waals surface area contributed by atoms with Crippen LogP contribution in [0.4, 0.5) is 0 Å². The van der Waals surface area contributed by atoms with Crippen LogP contribution in [-0.4, -0.2) is 38.2 Å². The van der Waals surface area contributed by atoms with E-state index in [4.69, 9.17) is 14.2 Å². The third kappa shape index (κ3) is 2.05. The zero-order valence-corrected chi connectivity index (χ0v) is 10.1. The first kappa shape index (κ1) is 12.4. The van der Waals surface area contributed by atoms with Crippen LogP contribution < -0.4 is 0 Å². The van der Waals surface area contributed by atoms with Crippen LogP contribution in [0, 0.1) is 17.8 Å². The number of aliphatic hydroxyl groups excluding tert-OH is 1. The van der Waals surface area contributed by atoms with Gasteiger partial charge in [-0.2, -0.15) is 0 Å². The van der Waals surface area contributed by atoms with Crippen LogP contribution >= 0.6 is 0 Å². The van der Waals surface area contributed by atoms with Crippen molar-refractivity contribution < 1.29 is 24.1 Å². The predicted molar refractivity (Wildman–Crippen MR) is 58.8 cm³/mol. The molecule has 1 aliphatic carbocycles. The number of ether oxygens (including phenoxy) is 3. The number of rotatable bonds is 3. The van der Waals surface area contributed by atoms with E-state index in [-0.39, 0.29) is 36.6 Å². The number of esters is 1. The molecule has 0 saturated heterocycles. The highest BCUT2D eigenvalue weighted by molar-refractivity contribution is 5.89. The molecular weight excluding hydrogens is 224 g/mol. The molecule has 4 unspecified atom stereocenters. The van der Waals surface area contributed by atoms with Gasteiger partial charge < -0.3 is 19.3 Å². The Hall–Kier alpha value is -1.07. The second kappa shape index (κ2) is 5.06. The number of carbonyl (C=O) groups excluding carboxylic acids is 1. The van der Waals surface area contributed by atoms with Gasteiger partial charge in [0.1, 0.15) is 0 Å². The van der Waals surface area contributed by atoms with Gasteiger partial charge in [0.15, 0.2) is 0 Å². The highest BCUT2D eigenvalue weighted by Crippen LogP contribution is 2.46. The Balaban J connectivity index is 2.24. The van der Waals surface area contributed by atoms with Gasteiger partial charge in [-0.1, -0.05) is 0 Å². The summed E-state index contributed by atoms with van der Waals surface area (Å²) in [6.07, 6.45) is 2.80. The first-order valence-corrected chi connectivity index (χ1v) is 5.80. The van der Waals surface area contributed by atoms with Crippen molar-refractivity contribution in [2.45, 2.75) is 19.1 Å². The summed E-state index contributed by atoms with van der Waals surface area (Å²) in [7, 11) is 2.94. The fraction of sp³-hybridized carbons (Fsp3) is 0.750. The molecule has 17 heavy (non-hydrogen) atoms. The zero-order valence-electron chi connectivity index (χ0n) is 10.1. The van der Waals surface area contributed by atoms with E-state index in [1.54, 1.807) is 7.11 Å². The molecule has 2 aliphatic rings. The third-order valence-corrected chi connectivity index (χ3v) is 3.79. The Morgan fingerprint density at radius 2 is 2.29 bits per heavy atom. The van der Waals surface area contributed by atoms with E-state index in [0.29, 0.717) is 5.57 Å². The molecule has 1 N–H and O–H groups in total. The number of hydrogen-bond acceptors (Lipinski definition) is 5. The highest BCUT2D eigenvalue weighted by atomic mass is 16.7. The van der Waals surface area contributed by atoms with Crippen LogP contribution in [-0.2, 0) is 19.0 Å². The van der Waals surface area contributed by atoms with Gasteiger partial charge in [-0.25, -0.2) is 4.79 Å². The molecule has 0 spiro atoms. The van der Waals surface area contributed by atoms with Crippen molar-refractivity contribution >= 4 is 5.97 Å². The molecule has 0 amide bonds. The maximum atomic E-state index is 11.6. The number of methoxy groups -OCH3 is 2. The number of aliphatic hydroxyl groups is 1. The summed E-state index contributed by atoms with van der Waals surface area (Å²) in [6, 6.07) is 0. The van der Waals surface area contributed by atoms with Crippen molar-refractivity contribution in [3.63, 3.8) is 0 Å². The second-order valence-corrected chi connectivity index (χ2v) is 4.51. The molecule has 1 heterocycles. The molecule has 4 atom stereocenters. The minimum atomic E-state index is -0.381. The Morgan fingerprint density at radius 3 is 2.88 bits per heavy atom. The Labute approximate surface area is 100 Å². The predicted octanol–water partition coefficient (Wildman–Crippen LogP) is 0.681. The molecule has 0 bridgehead atoms. The van der Waals surface area contributed by atoms with E-state index in [1.807, 2.05) is 0 Å². The molecule has 0 aromatic heterocycles. The van der Waals surface area contributed by atoms with Gasteiger partial charge in [-0.15, -0.1) is 0 Å². The van der Waals surface area contributed by atoms with Crippen LogP contribution in [0.25, 0.3) is 0 Å². The summed E-state index contributed by atoms with van der Waals surface area (Å²) < 4.78 is 15.4. The van der Waals surface area contributed by atoms with Gasteiger partial charge in [0.05, 0.1) is 18.9 Å². The van der Waals surface area contributed by atoms with Crippen LogP contribution in [0.3, 0.4) is 0 Å². The Morgan fingerprint density at radius 1 is 1.53 bits per heavy atom. The van der Waals surface area contributed by atoms with E-state index < -0.39 is 0 Å². The lowest BCUT2D eigenvalue weighted by Gasteiger charge is -2.34. The van der Waals surface area contributed by atoms with E-state index in [0.717, 1.165) is 12.8 Å². The van der Waals surface area contributed by atoms with Gasteiger partial charge in [0.25, 0.3) is 0 Å². The monoisotopic (exact) mass is 242 g/mol. The van der Waals surface area contributed by atoms with Crippen molar-refractivity contribution in [1.29, 1.82) is 0 Å². The maximum absolute atomic E-state index is 11.6. The van der Waals surface area contributed by atoms with E-state index in [1.165, 1.54) is 13.4 Å². The van der Waals surface area contributed by atoms with Gasteiger partial charge in [-0.05, 0) is 18.8 Å². The normalized spacial score (nSPS) is 35.8. The molecule has 0 aromatic carbocycles. The van der Waals surface area contributed by atoms with Crippen LogP contribution in [0.5, 0.6) is 0 Å². The Kier molecular flexibility index (Phi) is 3.69. The topological polar surface area (TPSA) is 65.0 Å². The van der Waals surface area contributed by atoms with Gasteiger partial charge >= 0.3 is 5.97 Å². The molecule has 5 nitrogen and oxygen atoms in total. The molecule has 1 saturated carbocycles. The first-order valence-electron chi connectivity index (χ1n) is 5.80. The molecule has 0 aromatic rings. The molecule has 5 heteroatoms. The summed E-state index contributed by atoms with van der Waals surface area (Å²) in [6.45, 7) is 0.0961. The lowest BCUT2D eigenvalue weighted by Crippen LogP contribution is -2.38. The fourth-order valence-electron chi connectivity index (χ4n) is 2.94. The molecule has 1 aliphatic heterocycles. The average molecular weight is 242 g/mol. The van der Waals surface area contributed by atoms with Crippen LogP contribution in [0.1, 0.15) is 12.8 Å². The van der Waals surface area contributed by atoms with Crippen molar-refractivity contribution in [3.8, 4) is 0 Å². The van der Waals surface area contributed by atoms with Gasteiger partial charge in [0.2, 0.25) is 6.29 Å². The summed E-state index contributed by atoms with van der Waals surface area (Å²) in [5.74, 6) is -0.131. The minimum absolute atomic E-state index is 0.0316. The lowest BCUT2D eigenvalue weighted by atomic mass is 9.83. The summed E-state index contributed by atoms with van der Waals surface area (Å²) >= 11 is 0. The maximum Gasteiger partial charge on any atom is 0.337 e. The smallest absolute Gasteiger partial charge is 0.337 e. The molecular formula is C12H18O5. The van der Waals surface area contributed by atoms with Crippen LogP contribution in [0.2, 0.25) is 0 Å². The Bertz CT molecular complexity index is 325. The van der Waals surface area contributed by atoms with Crippen molar-refractivity contribution in [3.05, 3.63) is 11.8 Å². The van der Waals surface area contributed by atoms with E-state index in [9.17, 15) is 9.90 Å². The molecule has 2 rings (SSSR count). The van der Waals surface area contributed by atoms with Crippen molar-refractivity contribution in [1.82, 2.24) is 0 Å². The van der Waals surface area contributed by atoms with E-state index >= 15 is 0 Å². The SMILES string of the molecule is COC(=O)C1=COC(OC)C2C(CO)CCC12. The standard InChI is InChI=1S/C12H18O5/c1-15-11(14)9-6-17-12(16-2)10-7(5-13)3-4-8(9)10/h6-8,10,12-13H,3-5H2,1-2H3. The van der Waals surface area contributed by atoms with Crippen LogP contribution in [0.15, 0.2) is 11.8 Å². The van der Waals surface area contributed by atoms with Crippen molar-refractivity contribution in [2.24, 2.45) is 17.8 Å². The third-order valence-electron chi connectivity index (χ3n) is 3.79. The largest absolute Gasteiger partial charge is 0.472 e. The van der Waals surface area contributed by atoms with Gasteiger partial charge in [0, 0.05) is 25.6 Å². The summed E-state index contributed by atoms with van der Waals surface area (Å²) in [5.41, 5.74) is 0.557. The minimum Gasteiger partial charge on any atom is -0.472 e. The molecule has 96 valence electrons. The quantitative estimate of drug-likeness (QED) is 0.737. The summed E-state index contributed by atoms with van der Waals surface area (Å²) in [4.78, 5) is 11.6. The summed E-state index contributed by atoms with van der Waals surface area (Å²) in [5, 5.41) is 9.35. The number of fused-ring (bicyclic) bond motifs is 1. The van der Waals surface area contributed by atoms with Gasteiger partial charge in [-0.3, -0.25) is 0 Å². The van der Waals surface area contributed by atoms with E-state index in [2.05, 4.69) is 0 Å². The first-order chi connectivity index (χ1) is 8.22. The number of carbonyl (C=O) groups is 1. The number of hydrogen-bond donors (Lipinski definition) is 1. The zero-order chi connectivity index (χ0) is 12.4.